The predicted molar refractivity (Wildman–Crippen MR) is 130 cm³/mol. The summed E-state index contributed by atoms with van der Waals surface area (Å²) >= 11 is 0. The molecule has 0 amide bonds. The zero-order valence-electron chi connectivity index (χ0n) is 21.2. The lowest BCUT2D eigenvalue weighted by Crippen LogP contribution is -2.55. The molecule has 0 heterocycles. The number of unbranched alkanes of at least 4 members (excludes halogenated alkanes) is 15. The quantitative estimate of drug-likeness (QED) is 0.0900. The molecular formula is C26H46O8. The van der Waals surface area contributed by atoms with Gasteiger partial charge in [-0.05, 0) is 12.8 Å². The Balaban J connectivity index is 3.98. The average molecular weight is 487 g/mol. The number of hydrogen-bond donors (Lipinski definition) is 3. The number of carboxylic acids is 3. The topological polar surface area (TPSA) is 138 Å². The monoisotopic (exact) mass is 486 g/mol. The highest BCUT2D eigenvalue weighted by molar-refractivity contribution is 6.19. The zero-order valence-corrected chi connectivity index (χ0v) is 21.2. The first kappa shape index (κ1) is 31.9. The van der Waals surface area contributed by atoms with Crippen LogP contribution in [0.4, 0.5) is 0 Å². The third kappa shape index (κ3) is 11.3. The fraction of sp³-hybridized carbons (Fsp3) is 0.846. The number of carbonyl (C=O) groups is 4. The molecule has 0 fully saturated rings. The van der Waals surface area contributed by atoms with Crippen molar-refractivity contribution in [3.63, 3.8) is 0 Å². The number of carboxylic acid groups (broad SMARTS) is 3. The van der Waals surface area contributed by atoms with Gasteiger partial charge in [0.1, 0.15) is 0 Å². The first-order valence-corrected chi connectivity index (χ1v) is 13.1. The van der Waals surface area contributed by atoms with E-state index in [1.807, 2.05) is 0 Å². The highest BCUT2D eigenvalue weighted by Crippen LogP contribution is 2.34. The molecule has 0 aromatic carbocycles. The van der Waals surface area contributed by atoms with Crippen LogP contribution in [0.3, 0.4) is 0 Å². The second-order valence-electron chi connectivity index (χ2n) is 9.16. The third-order valence-electron chi connectivity index (χ3n) is 6.46. The van der Waals surface area contributed by atoms with Gasteiger partial charge in [-0.3, -0.25) is 19.2 Å². The molecule has 1 unspecified atom stereocenters. The van der Waals surface area contributed by atoms with E-state index in [1.54, 1.807) is 0 Å². The Morgan fingerprint density at radius 1 is 0.618 bits per heavy atom. The summed E-state index contributed by atoms with van der Waals surface area (Å²) in [6, 6.07) is 0. The van der Waals surface area contributed by atoms with E-state index in [0.29, 0.717) is 6.42 Å². The third-order valence-corrected chi connectivity index (χ3v) is 6.46. The largest absolute Gasteiger partial charge is 0.481 e. The van der Waals surface area contributed by atoms with Crippen LogP contribution < -0.4 is 0 Å². The molecule has 0 radical (unpaired) electrons. The molecule has 3 N–H and O–H groups in total. The summed E-state index contributed by atoms with van der Waals surface area (Å²) < 4.78 is 4.92. The zero-order chi connectivity index (χ0) is 25.8. The molecule has 8 nitrogen and oxygen atoms in total. The summed E-state index contributed by atoms with van der Waals surface area (Å²) in [5.74, 6) is -9.15. The first-order chi connectivity index (χ1) is 16.3. The van der Waals surface area contributed by atoms with Gasteiger partial charge < -0.3 is 20.1 Å². The van der Waals surface area contributed by atoms with Crippen LogP contribution in [0.25, 0.3) is 0 Å². The fourth-order valence-corrected chi connectivity index (χ4v) is 4.30. The molecule has 0 spiro atoms. The van der Waals surface area contributed by atoms with Crippen molar-refractivity contribution in [1.29, 1.82) is 0 Å². The summed E-state index contributed by atoms with van der Waals surface area (Å²) in [6.45, 7) is 3.43. The normalized spacial score (nSPS) is 12.3. The summed E-state index contributed by atoms with van der Waals surface area (Å²) in [5, 5.41) is 28.1. The molecule has 0 aliphatic carbocycles. The maximum absolute atomic E-state index is 12.4. The molecule has 1 atom stereocenters. The molecule has 0 saturated carbocycles. The Morgan fingerprint density at radius 3 is 1.26 bits per heavy atom. The van der Waals surface area contributed by atoms with Crippen LogP contribution in [0.15, 0.2) is 0 Å². The van der Waals surface area contributed by atoms with E-state index in [9.17, 15) is 34.5 Å². The van der Waals surface area contributed by atoms with E-state index in [4.69, 9.17) is 4.74 Å². The smallest absolute Gasteiger partial charge is 0.336 e. The fourth-order valence-electron chi connectivity index (χ4n) is 4.30. The minimum atomic E-state index is -3.14. The molecule has 0 saturated heterocycles. The molecule has 0 aliphatic rings. The van der Waals surface area contributed by atoms with Crippen molar-refractivity contribution < 1.29 is 39.2 Å². The van der Waals surface area contributed by atoms with E-state index in [-0.39, 0.29) is 13.0 Å². The van der Waals surface area contributed by atoms with Gasteiger partial charge in [0.25, 0.3) is 5.41 Å². The highest BCUT2D eigenvalue weighted by Gasteiger charge is 2.63. The lowest BCUT2D eigenvalue weighted by molar-refractivity contribution is -0.188. The van der Waals surface area contributed by atoms with Crippen molar-refractivity contribution in [1.82, 2.24) is 0 Å². The van der Waals surface area contributed by atoms with E-state index in [0.717, 1.165) is 25.7 Å². The molecule has 0 aliphatic heterocycles. The summed E-state index contributed by atoms with van der Waals surface area (Å²) in [7, 11) is 0. The van der Waals surface area contributed by atoms with Gasteiger partial charge >= 0.3 is 23.9 Å². The summed E-state index contributed by atoms with van der Waals surface area (Å²) in [4.78, 5) is 47.0. The van der Waals surface area contributed by atoms with Gasteiger partial charge in [0.15, 0.2) is 0 Å². The Bertz CT molecular complexity index is 588. The van der Waals surface area contributed by atoms with E-state index >= 15 is 0 Å². The van der Waals surface area contributed by atoms with Gasteiger partial charge in [0, 0.05) is 0 Å². The molecule has 0 aromatic rings. The number of ether oxygens (including phenoxy) is 1. The van der Waals surface area contributed by atoms with Gasteiger partial charge in [-0.15, -0.1) is 0 Å². The first-order valence-electron chi connectivity index (χ1n) is 13.1. The Kier molecular flexibility index (Phi) is 18.0. The van der Waals surface area contributed by atoms with Crippen LogP contribution in [0.5, 0.6) is 0 Å². The molecule has 34 heavy (non-hydrogen) atoms. The lowest BCUT2D eigenvalue weighted by Gasteiger charge is -2.27. The van der Waals surface area contributed by atoms with Gasteiger partial charge in [-0.2, -0.15) is 0 Å². The average Bonchev–Trinajstić information content (AvgIpc) is 2.78. The van der Waals surface area contributed by atoms with Crippen molar-refractivity contribution in [2.75, 3.05) is 6.61 Å². The predicted octanol–water partition coefficient (Wildman–Crippen LogP) is 6.06. The number of rotatable bonds is 23. The van der Waals surface area contributed by atoms with Crippen LogP contribution in [0.1, 0.15) is 123 Å². The van der Waals surface area contributed by atoms with E-state index in [2.05, 4.69) is 6.92 Å². The molecular weight excluding hydrogens is 440 g/mol. The second-order valence-corrected chi connectivity index (χ2v) is 9.16. The number of esters is 1. The standard InChI is InChI=1S/C26H46O8/c1-3-5-6-7-8-9-10-11-12-13-14-15-16-17-18-19-20-34-25(33)26(23(29)30,24(31)32)21(4-2)22(27)28/h21H,3-20H2,1-2H3,(H,27,28)(H,29,30)(H,31,32). The molecule has 198 valence electrons. The number of aliphatic carboxylic acids is 3. The van der Waals surface area contributed by atoms with E-state index in [1.165, 1.54) is 77.6 Å². The molecule has 0 aromatic heterocycles. The van der Waals surface area contributed by atoms with Crippen molar-refractivity contribution >= 4 is 23.9 Å². The SMILES string of the molecule is CCCCCCCCCCCCCCCCCCOC(=O)C(C(=O)O)(C(=O)O)C(CC)C(=O)O. The molecule has 8 heteroatoms. The number of hydrogen-bond acceptors (Lipinski definition) is 5. The Labute approximate surface area is 204 Å². The molecule has 0 rings (SSSR count). The van der Waals surface area contributed by atoms with Gasteiger partial charge in [0.05, 0.1) is 12.5 Å². The Morgan fingerprint density at radius 2 is 0.971 bits per heavy atom. The van der Waals surface area contributed by atoms with E-state index < -0.39 is 35.2 Å². The van der Waals surface area contributed by atoms with Crippen molar-refractivity contribution in [3.8, 4) is 0 Å². The number of carbonyl (C=O) groups excluding carboxylic acids is 1. The summed E-state index contributed by atoms with van der Waals surface area (Å²) in [6.07, 6.45) is 18.6. The maximum atomic E-state index is 12.4. The minimum Gasteiger partial charge on any atom is -0.481 e. The van der Waals surface area contributed by atoms with Crippen LogP contribution in [-0.4, -0.2) is 45.8 Å². The van der Waals surface area contributed by atoms with Crippen LogP contribution in [0.2, 0.25) is 0 Å². The van der Waals surface area contributed by atoms with Gasteiger partial charge in [0.2, 0.25) is 0 Å². The van der Waals surface area contributed by atoms with Crippen molar-refractivity contribution in [3.05, 3.63) is 0 Å². The van der Waals surface area contributed by atoms with Crippen molar-refractivity contribution in [2.24, 2.45) is 11.3 Å². The van der Waals surface area contributed by atoms with Gasteiger partial charge in [-0.1, -0.05) is 110 Å². The van der Waals surface area contributed by atoms with Crippen LogP contribution >= 0.6 is 0 Å². The van der Waals surface area contributed by atoms with Crippen LogP contribution in [-0.2, 0) is 23.9 Å². The maximum Gasteiger partial charge on any atom is 0.336 e. The summed E-state index contributed by atoms with van der Waals surface area (Å²) in [5.41, 5.74) is -3.14. The highest BCUT2D eigenvalue weighted by atomic mass is 16.5. The van der Waals surface area contributed by atoms with Crippen molar-refractivity contribution in [2.45, 2.75) is 123 Å². The second kappa shape index (κ2) is 19.2. The lowest BCUT2D eigenvalue weighted by atomic mass is 9.73. The van der Waals surface area contributed by atoms with Gasteiger partial charge in [-0.25, -0.2) is 0 Å². The van der Waals surface area contributed by atoms with Crippen LogP contribution in [0, 0.1) is 11.3 Å². The Hall–Kier alpha value is -2.12. The molecule has 0 bridgehead atoms. The minimum absolute atomic E-state index is 0.129.